The fraction of sp³-hybridized carbons (Fsp3) is 0.516. The summed E-state index contributed by atoms with van der Waals surface area (Å²) >= 11 is 5.98. The van der Waals surface area contributed by atoms with Gasteiger partial charge in [0.2, 0.25) is 27.7 Å². The van der Waals surface area contributed by atoms with Crippen molar-refractivity contribution in [1.29, 1.82) is 0 Å². The molecule has 12 nitrogen and oxygen atoms in total. The lowest BCUT2D eigenvalue weighted by atomic mass is 9.86. The van der Waals surface area contributed by atoms with Crippen molar-refractivity contribution in [2.75, 3.05) is 32.7 Å². The van der Waals surface area contributed by atoms with Gasteiger partial charge in [-0.2, -0.15) is 4.31 Å². The molecule has 4 atom stereocenters. The van der Waals surface area contributed by atoms with E-state index in [1.165, 1.54) is 31.2 Å². The lowest BCUT2D eigenvalue weighted by molar-refractivity contribution is -0.387. The Morgan fingerprint density at radius 3 is 2.37 bits per heavy atom. The zero-order chi connectivity index (χ0) is 34.1. The summed E-state index contributed by atoms with van der Waals surface area (Å²) in [6.45, 7) is 8.89. The fourth-order valence-corrected chi connectivity index (χ4v) is 8.08. The van der Waals surface area contributed by atoms with Gasteiger partial charge in [-0.05, 0) is 42.5 Å². The van der Waals surface area contributed by atoms with E-state index >= 15 is 4.39 Å². The van der Waals surface area contributed by atoms with Gasteiger partial charge in [-0.25, -0.2) is 12.8 Å². The molecular weight excluding hydrogens is 641 g/mol. The van der Waals surface area contributed by atoms with Crippen molar-refractivity contribution in [2.24, 2.45) is 11.3 Å². The van der Waals surface area contributed by atoms with Crippen LogP contribution in [0, 0.1) is 27.3 Å². The first-order chi connectivity index (χ1) is 21.4. The number of halogens is 2. The molecule has 0 bridgehead atoms. The van der Waals surface area contributed by atoms with Gasteiger partial charge in [0.1, 0.15) is 11.9 Å². The first-order valence-electron chi connectivity index (χ1n) is 15.0. The number of piperazine rings is 1. The average Bonchev–Trinajstić information content (AvgIpc) is 3.41. The van der Waals surface area contributed by atoms with E-state index in [1.54, 1.807) is 16.7 Å². The molecule has 15 heteroatoms. The number of rotatable bonds is 8. The Morgan fingerprint density at radius 1 is 1.11 bits per heavy atom. The Hall–Kier alpha value is -3.62. The largest absolute Gasteiger partial charge is 0.345 e. The standard InChI is InChI=1S/C31H39ClFN5O7S/c1-19-16-35(30(41)26(34-20(2)39)15-31(3,4)5)12-13-37(19)29(40)24-18-36(17-23(24)22-11-10-21(32)14-25(22)33)46(44,45)28-9-7-6-8-27(28)38(42)43/h6-11,14,19,23-24,26H,12-13,15-18H2,1-5H3,(H,34,39)/t19-,23-,24+,26-/m0/s1. The summed E-state index contributed by atoms with van der Waals surface area (Å²) in [5.41, 5.74) is -0.748. The van der Waals surface area contributed by atoms with Crippen molar-refractivity contribution >= 4 is 45.0 Å². The molecule has 2 aliphatic heterocycles. The predicted molar refractivity (Wildman–Crippen MR) is 169 cm³/mol. The van der Waals surface area contributed by atoms with Gasteiger partial charge in [-0.15, -0.1) is 0 Å². The Morgan fingerprint density at radius 2 is 1.78 bits per heavy atom. The minimum absolute atomic E-state index is 0.102. The number of hydrogen-bond acceptors (Lipinski definition) is 7. The maximum atomic E-state index is 15.3. The fourth-order valence-electron chi connectivity index (χ4n) is 6.27. The van der Waals surface area contributed by atoms with Crippen LogP contribution in [0.3, 0.4) is 0 Å². The van der Waals surface area contributed by atoms with Crippen molar-refractivity contribution < 1.29 is 32.1 Å². The number of nitrogens with one attached hydrogen (secondary N) is 1. The maximum Gasteiger partial charge on any atom is 0.289 e. The highest BCUT2D eigenvalue weighted by Gasteiger charge is 2.48. The highest BCUT2D eigenvalue weighted by molar-refractivity contribution is 7.89. The maximum absolute atomic E-state index is 15.3. The summed E-state index contributed by atoms with van der Waals surface area (Å²) in [5, 5.41) is 14.5. The average molecular weight is 680 g/mol. The molecule has 3 amide bonds. The summed E-state index contributed by atoms with van der Waals surface area (Å²) < 4.78 is 43.7. The van der Waals surface area contributed by atoms with Crippen molar-refractivity contribution in [3.63, 3.8) is 0 Å². The lowest BCUT2D eigenvalue weighted by Gasteiger charge is -2.42. The molecule has 0 aromatic heterocycles. The van der Waals surface area contributed by atoms with Gasteiger partial charge in [0.15, 0.2) is 4.90 Å². The SMILES string of the molecule is CC(=O)N[C@@H](CC(C)(C)C)C(=O)N1CCN(C(=O)[C@@H]2CN(S(=O)(=O)c3ccccc3[N+](=O)[O-])C[C@H]2c2ccc(Cl)cc2F)[C@@H](C)C1. The van der Waals surface area contributed by atoms with Crippen LogP contribution in [0.15, 0.2) is 47.4 Å². The number of benzene rings is 2. The molecule has 1 N–H and O–H groups in total. The van der Waals surface area contributed by atoms with Crippen LogP contribution < -0.4 is 5.32 Å². The number of amides is 3. The number of hydrogen-bond donors (Lipinski definition) is 1. The molecule has 250 valence electrons. The second-order valence-electron chi connectivity index (χ2n) is 13.1. The number of sulfonamides is 1. The zero-order valence-corrected chi connectivity index (χ0v) is 28.0. The molecule has 2 aromatic carbocycles. The second-order valence-corrected chi connectivity index (χ2v) is 15.5. The molecule has 0 unspecified atom stereocenters. The molecule has 0 spiro atoms. The van der Waals surface area contributed by atoms with Crippen LogP contribution in [0.25, 0.3) is 0 Å². The monoisotopic (exact) mass is 679 g/mol. The molecule has 0 saturated carbocycles. The normalized spacial score (nSPS) is 21.6. The molecule has 0 radical (unpaired) electrons. The van der Waals surface area contributed by atoms with E-state index in [1.807, 2.05) is 20.8 Å². The Balaban J connectivity index is 1.61. The molecule has 2 aromatic rings. The number of nitro benzene ring substituents is 1. The highest BCUT2D eigenvalue weighted by Crippen LogP contribution is 2.40. The number of para-hydroxylation sites is 1. The third kappa shape index (κ3) is 7.67. The van der Waals surface area contributed by atoms with E-state index in [9.17, 15) is 32.9 Å². The summed E-state index contributed by atoms with van der Waals surface area (Å²) in [6, 6.07) is 7.69. The summed E-state index contributed by atoms with van der Waals surface area (Å²) in [6.07, 6.45) is 0.416. The van der Waals surface area contributed by atoms with Crippen LogP contribution in [0.1, 0.15) is 52.5 Å². The first-order valence-corrected chi connectivity index (χ1v) is 16.8. The Kier molecular flexibility index (Phi) is 10.4. The van der Waals surface area contributed by atoms with E-state index in [4.69, 9.17) is 11.6 Å². The van der Waals surface area contributed by atoms with Crippen LogP contribution in [-0.2, 0) is 24.4 Å². The number of carbonyl (C=O) groups is 3. The lowest BCUT2D eigenvalue weighted by Crippen LogP contribution is -2.60. The molecule has 2 aliphatic rings. The highest BCUT2D eigenvalue weighted by atomic mass is 35.5. The van der Waals surface area contributed by atoms with E-state index in [0.29, 0.717) is 6.42 Å². The van der Waals surface area contributed by atoms with Crippen LogP contribution in [-0.4, -0.2) is 90.0 Å². The second kappa shape index (κ2) is 13.6. The number of nitrogens with zero attached hydrogens (tertiary/aromatic N) is 4. The minimum Gasteiger partial charge on any atom is -0.345 e. The molecule has 2 fully saturated rings. The third-order valence-electron chi connectivity index (χ3n) is 8.36. The number of carbonyl (C=O) groups excluding carboxylic acids is 3. The van der Waals surface area contributed by atoms with E-state index in [-0.39, 0.29) is 60.5 Å². The van der Waals surface area contributed by atoms with Gasteiger partial charge in [0.25, 0.3) is 5.69 Å². The van der Waals surface area contributed by atoms with E-state index in [0.717, 1.165) is 22.5 Å². The van der Waals surface area contributed by atoms with Crippen LogP contribution >= 0.6 is 11.6 Å². The van der Waals surface area contributed by atoms with Gasteiger partial charge in [-0.1, -0.05) is 50.6 Å². The van der Waals surface area contributed by atoms with Gasteiger partial charge >= 0.3 is 0 Å². The summed E-state index contributed by atoms with van der Waals surface area (Å²) in [5.74, 6) is -3.64. The Labute approximate surface area is 273 Å². The molecule has 46 heavy (non-hydrogen) atoms. The molecule has 2 heterocycles. The molecular formula is C31H39ClFN5O7S. The Bertz CT molecular complexity index is 1630. The minimum atomic E-state index is -4.46. The van der Waals surface area contributed by atoms with Crippen molar-refractivity contribution in [3.05, 3.63) is 69.0 Å². The smallest absolute Gasteiger partial charge is 0.289 e. The van der Waals surface area contributed by atoms with Gasteiger partial charge in [0.05, 0.1) is 10.8 Å². The molecule has 4 rings (SSSR count). The van der Waals surface area contributed by atoms with E-state index < -0.39 is 61.2 Å². The van der Waals surface area contributed by atoms with Gasteiger partial charge < -0.3 is 15.1 Å². The first kappa shape index (κ1) is 35.2. The molecule has 2 saturated heterocycles. The number of nitro groups is 1. The van der Waals surface area contributed by atoms with E-state index in [2.05, 4.69) is 5.32 Å². The van der Waals surface area contributed by atoms with Crippen molar-refractivity contribution in [3.8, 4) is 0 Å². The van der Waals surface area contributed by atoms with Crippen molar-refractivity contribution in [1.82, 2.24) is 19.4 Å². The van der Waals surface area contributed by atoms with Gasteiger partial charge in [0, 0.05) is 62.7 Å². The third-order valence-corrected chi connectivity index (χ3v) is 10.5. The van der Waals surface area contributed by atoms with Gasteiger partial charge in [-0.3, -0.25) is 24.5 Å². The molecule has 0 aliphatic carbocycles. The zero-order valence-electron chi connectivity index (χ0n) is 26.4. The topological polar surface area (TPSA) is 150 Å². The van der Waals surface area contributed by atoms with Crippen molar-refractivity contribution in [2.45, 2.75) is 63.9 Å². The van der Waals surface area contributed by atoms with Crippen LogP contribution in [0.2, 0.25) is 5.02 Å². The van der Waals surface area contributed by atoms with Crippen LogP contribution in [0.4, 0.5) is 10.1 Å². The van der Waals surface area contributed by atoms with Crippen LogP contribution in [0.5, 0.6) is 0 Å². The summed E-state index contributed by atoms with van der Waals surface area (Å²) in [7, 11) is -4.46. The predicted octanol–water partition coefficient (Wildman–Crippen LogP) is 3.79. The summed E-state index contributed by atoms with van der Waals surface area (Å²) in [4.78, 5) is 53.0. The quantitative estimate of drug-likeness (QED) is 0.329.